The SMILES string of the molecule is COc1cc(C)c(C)cc1S(=O)(=O)Nc1nc(-c2ccc3ccccc3c2)cs1. The molecule has 148 valence electrons. The predicted octanol–water partition coefficient (Wildman–Crippen LogP) is 5.39. The van der Waals surface area contributed by atoms with Crippen LogP contribution in [-0.4, -0.2) is 20.5 Å². The summed E-state index contributed by atoms with van der Waals surface area (Å²) in [6.45, 7) is 3.79. The molecular weight excluding hydrogens is 404 g/mol. The van der Waals surface area contributed by atoms with Crippen LogP contribution in [0.4, 0.5) is 5.13 Å². The molecule has 0 unspecified atom stereocenters. The number of thiazole rings is 1. The predicted molar refractivity (Wildman–Crippen MR) is 118 cm³/mol. The number of aryl methyl sites for hydroxylation is 2. The molecule has 0 radical (unpaired) electrons. The summed E-state index contributed by atoms with van der Waals surface area (Å²) in [5.41, 5.74) is 3.51. The van der Waals surface area contributed by atoms with Gasteiger partial charge in [0.1, 0.15) is 10.6 Å². The molecule has 0 aliphatic rings. The number of hydrogen-bond donors (Lipinski definition) is 1. The molecule has 3 aromatic carbocycles. The van der Waals surface area contributed by atoms with Crippen molar-refractivity contribution in [3.8, 4) is 17.0 Å². The van der Waals surface area contributed by atoms with Gasteiger partial charge in [0, 0.05) is 10.9 Å². The Morgan fingerprint density at radius 3 is 2.45 bits per heavy atom. The third kappa shape index (κ3) is 3.83. The van der Waals surface area contributed by atoms with Crippen molar-refractivity contribution in [1.29, 1.82) is 0 Å². The molecule has 1 N–H and O–H groups in total. The Morgan fingerprint density at radius 2 is 1.69 bits per heavy atom. The summed E-state index contributed by atoms with van der Waals surface area (Å²) in [5, 5.41) is 4.42. The van der Waals surface area contributed by atoms with Crippen molar-refractivity contribution < 1.29 is 13.2 Å². The molecule has 0 saturated heterocycles. The lowest BCUT2D eigenvalue weighted by Gasteiger charge is -2.12. The molecule has 0 aliphatic carbocycles. The summed E-state index contributed by atoms with van der Waals surface area (Å²) >= 11 is 1.25. The van der Waals surface area contributed by atoms with E-state index in [1.54, 1.807) is 12.1 Å². The molecule has 0 amide bonds. The van der Waals surface area contributed by atoms with Crippen LogP contribution in [0.1, 0.15) is 11.1 Å². The van der Waals surface area contributed by atoms with Crippen molar-refractivity contribution in [3.63, 3.8) is 0 Å². The number of nitrogens with one attached hydrogen (secondary N) is 1. The van der Waals surface area contributed by atoms with E-state index in [4.69, 9.17) is 4.74 Å². The van der Waals surface area contributed by atoms with Crippen molar-refractivity contribution in [2.75, 3.05) is 11.8 Å². The molecular formula is C22H20N2O3S2. The topological polar surface area (TPSA) is 68.3 Å². The normalized spacial score (nSPS) is 11.6. The number of sulfonamides is 1. The van der Waals surface area contributed by atoms with Gasteiger partial charge in [0.2, 0.25) is 0 Å². The minimum Gasteiger partial charge on any atom is -0.495 e. The van der Waals surface area contributed by atoms with E-state index in [0.717, 1.165) is 33.2 Å². The molecule has 0 bridgehead atoms. The minimum atomic E-state index is -3.83. The fraction of sp³-hybridized carbons (Fsp3) is 0.136. The number of benzene rings is 3. The molecule has 1 aromatic heterocycles. The maximum atomic E-state index is 12.9. The maximum absolute atomic E-state index is 12.9. The molecule has 0 aliphatic heterocycles. The van der Waals surface area contributed by atoms with Gasteiger partial charge < -0.3 is 4.74 Å². The van der Waals surface area contributed by atoms with Crippen LogP contribution in [-0.2, 0) is 10.0 Å². The van der Waals surface area contributed by atoms with Crippen molar-refractivity contribution in [1.82, 2.24) is 4.98 Å². The zero-order valence-corrected chi connectivity index (χ0v) is 17.9. The Bertz CT molecular complexity index is 1310. The van der Waals surface area contributed by atoms with Gasteiger partial charge in [-0.15, -0.1) is 11.3 Å². The smallest absolute Gasteiger partial charge is 0.267 e. The van der Waals surface area contributed by atoms with Crippen LogP contribution in [0.5, 0.6) is 5.75 Å². The van der Waals surface area contributed by atoms with E-state index in [2.05, 4.69) is 21.8 Å². The first kappa shape index (κ1) is 19.4. The highest BCUT2D eigenvalue weighted by molar-refractivity contribution is 7.93. The maximum Gasteiger partial charge on any atom is 0.267 e. The van der Waals surface area contributed by atoms with Crippen molar-refractivity contribution in [2.45, 2.75) is 18.7 Å². The van der Waals surface area contributed by atoms with Gasteiger partial charge in [0.15, 0.2) is 5.13 Å². The van der Waals surface area contributed by atoms with Crippen LogP contribution in [0.3, 0.4) is 0 Å². The lowest BCUT2D eigenvalue weighted by Crippen LogP contribution is -2.14. The number of methoxy groups -OCH3 is 1. The van der Waals surface area contributed by atoms with E-state index in [0.29, 0.717) is 10.9 Å². The summed E-state index contributed by atoms with van der Waals surface area (Å²) in [4.78, 5) is 4.58. The number of fused-ring (bicyclic) bond motifs is 1. The Kier molecular flexibility index (Phi) is 5.02. The standard InChI is InChI=1S/C22H20N2O3S2/c1-14-10-20(27-3)21(11-15(14)2)29(25,26)24-22-23-19(13-28-22)18-9-8-16-6-4-5-7-17(16)12-18/h4-13H,1-3H3,(H,23,24). The van der Waals surface area contributed by atoms with Gasteiger partial charge in [0.05, 0.1) is 12.8 Å². The average Bonchev–Trinajstić information content (AvgIpc) is 3.17. The fourth-order valence-corrected chi connectivity index (χ4v) is 5.31. The molecule has 4 rings (SSSR count). The Hall–Kier alpha value is -2.90. The minimum absolute atomic E-state index is 0.102. The number of ether oxygens (including phenoxy) is 1. The van der Waals surface area contributed by atoms with Gasteiger partial charge in [-0.3, -0.25) is 4.72 Å². The van der Waals surface area contributed by atoms with Gasteiger partial charge in [-0.1, -0.05) is 36.4 Å². The van der Waals surface area contributed by atoms with E-state index in [1.807, 2.05) is 49.6 Å². The van der Waals surface area contributed by atoms with E-state index in [9.17, 15) is 8.42 Å². The molecule has 5 nitrogen and oxygen atoms in total. The summed E-state index contributed by atoms with van der Waals surface area (Å²) < 4.78 is 33.7. The molecule has 0 spiro atoms. The molecule has 0 atom stereocenters. The van der Waals surface area contributed by atoms with Gasteiger partial charge in [-0.25, -0.2) is 13.4 Å². The van der Waals surface area contributed by atoms with Gasteiger partial charge in [-0.05, 0) is 53.9 Å². The zero-order chi connectivity index (χ0) is 20.6. The second-order valence-corrected chi connectivity index (χ2v) is 9.30. The van der Waals surface area contributed by atoms with Crippen LogP contribution in [0.25, 0.3) is 22.0 Å². The van der Waals surface area contributed by atoms with E-state index in [1.165, 1.54) is 18.4 Å². The molecule has 4 aromatic rings. The lowest BCUT2D eigenvalue weighted by atomic mass is 10.1. The van der Waals surface area contributed by atoms with E-state index in [-0.39, 0.29) is 4.90 Å². The quantitative estimate of drug-likeness (QED) is 0.466. The summed E-state index contributed by atoms with van der Waals surface area (Å²) in [5.74, 6) is 0.312. The van der Waals surface area contributed by atoms with Crippen LogP contribution in [0.2, 0.25) is 0 Å². The Labute approximate surface area is 174 Å². The largest absolute Gasteiger partial charge is 0.495 e. The highest BCUT2D eigenvalue weighted by atomic mass is 32.2. The highest BCUT2D eigenvalue weighted by Gasteiger charge is 2.22. The van der Waals surface area contributed by atoms with Crippen molar-refractivity contribution in [3.05, 3.63) is 71.1 Å². The zero-order valence-electron chi connectivity index (χ0n) is 16.3. The molecule has 0 saturated carbocycles. The van der Waals surface area contributed by atoms with Crippen LogP contribution < -0.4 is 9.46 Å². The summed E-state index contributed by atoms with van der Waals surface area (Å²) in [7, 11) is -2.36. The Morgan fingerprint density at radius 1 is 0.966 bits per heavy atom. The van der Waals surface area contributed by atoms with Crippen LogP contribution >= 0.6 is 11.3 Å². The summed E-state index contributed by atoms with van der Waals surface area (Å²) in [6.07, 6.45) is 0. The van der Waals surface area contributed by atoms with Gasteiger partial charge >= 0.3 is 0 Å². The van der Waals surface area contributed by atoms with E-state index < -0.39 is 10.0 Å². The van der Waals surface area contributed by atoms with Gasteiger partial charge in [-0.2, -0.15) is 0 Å². The van der Waals surface area contributed by atoms with Crippen LogP contribution in [0, 0.1) is 13.8 Å². The first-order valence-electron chi connectivity index (χ1n) is 9.00. The molecule has 7 heteroatoms. The fourth-order valence-electron chi connectivity index (χ4n) is 3.10. The Balaban J connectivity index is 1.65. The van der Waals surface area contributed by atoms with Crippen molar-refractivity contribution in [2.24, 2.45) is 0 Å². The number of anilines is 1. The summed E-state index contributed by atoms with van der Waals surface area (Å²) in [6, 6.07) is 17.5. The van der Waals surface area contributed by atoms with Gasteiger partial charge in [0.25, 0.3) is 10.0 Å². The lowest BCUT2D eigenvalue weighted by molar-refractivity contribution is 0.402. The second kappa shape index (κ2) is 7.50. The van der Waals surface area contributed by atoms with E-state index >= 15 is 0 Å². The number of aromatic nitrogens is 1. The monoisotopic (exact) mass is 424 g/mol. The molecule has 1 heterocycles. The first-order valence-corrected chi connectivity index (χ1v) is 11.4. The number of hydrogen-bond acceptors (Lipinski definition) is 5. The number of nitrogens with zero attached hydrogens (tertiary/aromatic N) is 1. The highest BCUT2D eigenvalue weighted by Crippen LogP contribution is 2.32. The number of rotatable bonds is 5. The van der Waals surface area contributed by atoms with Crippen LogP contribution in [0.15, 0.2) is 64.9 Å². The third-order valence-electron chi connectivity index (χ3n) is 4.84. The molecule has 29 heavy (non-hydrogen) atoms. The molecule has 0 fully saturated rings. The average molecular weight is 425 g/mol. The first-order chi connectivity index (χ1) is 13.9. The third-order valence-corrected chi connectivity index (χ3v) is 7.09. The second-order valence-electron chi connectivity index (χ2n) is 6.79. The van der Waals surface area contributed by atoms with Crippen molar-refractivity contribution >= 4 is 37.3 Å².